The number of esters is 1. The molecule has 27 heavy (non-hydrogen) atoms. The van der Waals surface area contributed by atoms with Gasteiger partial charge in [0.25, 0.3) is 5.91 Å². The van der Waals surface area contributed by atoms with E-state index >= 15 is 0 Å². The molecule has 1 aliphatic carbocycles. The first kappa shape index (κ1) is 21.4. The van der Waals surface area contributed by atoms with Crippen LogP contribution in [-0.4, -0.2) is 38.7 Å². The molecule has 1 N–H and O–H groups in total. The summed E-state index contributed by atoms with van der Waals surface area (Å²) in [6.07, 6.45) is 3.47. The Morgan fingerprint density at radius 1 is 1.19 bits per heavy atom. The summed E-state index contributed by atoms with van der Waals surface area (Å²) in [4.78, 5) is 24.6. The molecule has 150 valence electrons. The van der Waals surface area contributed by atoms with Crippen LogP contribution in [0, 0.1) is 11.8 Å². The summed E-state index contributed by atoms with van der Waals surface area (Å²) in [6.45, 7) is 5.89. The van der Waals surface area contributed by atoms with Crippen LogP contribution < -0.4 is 5.32 Å². The largest absolute Gasteiger partial charge is 0.449 e. The standard InChI is InChI=1S/C20H29NO5S/c1-13-6-5-7-18(14(13)2)21-19(22)15(3)26-20(23)17-10-8-16(9-11-17)12-27(4,24)25/h8-11,13-15,18H,5-7,12H2,1-4H3,(H,21,22)/t13-,14-,15-,18+/m1/s1. The van der Waals surface area contributed by atoms with E-state index in [1.807, 2.05) is 0 Å². The Bertz CT molecular complexity index is 772. The van der Waals surface area contributed by atoms with Crippen LogP contribution in [0.2, 0.25) is 0 Å². The molecule has 1 saturated carbocycles. The Kier molecular flexibility index (Phi) is 7.03. The molecule has 0 unspecified atom stereocenters. The predicted octanol–water partition coefficient (Wildman–Crippen LogP) is 2.72. The van der Waals surface area contributed by atoms with E-state index in [9.17, 15) is 18.0 Å². The third kappa shape index (κ3) is 6.34. The summed E-state index contributed by atoms with van der Waals surface area (Å²) >= 11 is 0. The molecule has 0 heterocycles. The van der Waals surface area contributed by atoms with Crippen LogP contribution in [0.3, 0.4) is 0 Å². The second kappa shape index (κ2) is 8.87. The Hall–Kier alpha value is -1.89. The Balaban J connectivity index is 1.91. The van der Waals surface area contributed by atoms with Crippen LogP contribution in [0.4, 0.5) is 0 Å². The predicted molar refractivity (Wildman–Crippen MR) is 104 cm³/mol. The van der Waals surface area contributed by atoms with Gasteiger partial charge in [0.2, 0.25) is 0 Å². The fourth-order valence-corrected chi connectivity index (χ4v) is 4.21. The van der Waals surface area contributed by atoms with E-state index in [1.54, 1.807) is 19.1 Å². The van der Waals surface area contributed by atoms with Crippen LogP contribution in [0.5, 0.6) is 0 Å². The smallest absolute Gasteiger partial charge is 0.338 e. The highest BCUT2D eigenvalue weighted by Gasteiger charge is 2.30. The minimum Gasteiger partial charge on any atom is -0.449 e. The van der Waals surface area contributed by atoms with Crippen molar-refractivity contribution in [2.75, 3.05) is 6.26 Å². The van der Waals surface area contributed by atoms with Crippen molar-refractivity contribution in [2.45, 2.75) is 57.9 Å². The van der Waals surface area contributed by atoms with Gasteiger partial charge in [-0.3, -0.25) is 4.79 Å². The highest BCUT2D eigenvalue weighted by atomic mass is 32.2. The number of carbonyl (C=O) groups is 2. The number of hydrogen-bond acceptors (Lipinski definition) is 5. The number of benzene rings is 1. The van der Waals surface area contributed by atoms with Crippen molar-refractivity contribution in [1.29, 1.82) is 0 Å². The molecule has 0 bridgehead atoms. The van der Waals surface area contributed by atoms with Crippen LogP contribution >= 0.6 is 0 Å². The molecule has 0 radical (unpaired) electrons. The minimum atomic E-state index is -3.13. The van der Waals surface area contributed by atoms with Gasteiger partial charge in [-0.1, -0.05) is 38.8 Å². The lowest BCUT2D eigenvalue weighted by molar-refractivity contribution is -0.130. The second-order valence-electron chi connectivity index (χ2n) is 7.70. The number of amides is 1. The quantitative estimate of drug-likeness (QED) is 0.748. The van der Waals surface area contributed by atoms with Crippen molar-refractivity contribution in [2.24, 2.45) is 11.8 Å². The molecule has 1 aliphatic rings. The fraction of sp³-hybridized carbons (Fsp3) is 0.600. The summed E-state index contributed by atoms with van der Waals surface area (Å²) < 4.78 is 27.9. The van der Waals surface area contributed by atoms with Crippen molar-refractivity contribution in [3.8, 4) is 0 Å². The van der Waals surface area contributed by atoms with Gasteiger partial charge in [0.1, 0.15) is 0 Å². The molecule has 0 aromatic heterocycles. The first-order valence-electron chi connectivity index (χ1n) is 9.35. The van der Waals surface area contributed by atoms with Gasteiger partial charge >= 0.3 is 5.97 Å². The molecule has 0 aliphatic heterocycles. The van der Waals surface area contributed by atoms with E-state index < -0.39 is 21.9 Å². The summed E-state index contributed by atoms with van der Waals surface area (Å²) in [5.41, 5.74) is 0.881. The highest BCUT2D eigenvalue weighted by Crippen LogP contribution is 2.29. The molecule has 1 amide bonds. The number of hydrogen-bond donors (Lipinski definition) is 1. The van der Waals surface area contributed by atoms with E-state index in [1.165, 1.54) is 18.6 Å². The lowest BCUT2D eigenvalue weighted by atomic mass is 9.78. The van der Waals surface area contributed by atoms with Crippen molar-refractivity contribution < 1.29 is 22.7 Å². The lowest BCUT2D eigenvalue weighted by Gasteiger charge is -2.35. The maximum atomic E-state index is 12.4. The van der Waals surface area contributed by atoms with Gasteiger partial charge in [0.05, 0.1) is 11.3 Å². The zero-order chi connectivity index (χ0) is 20.2. The van der Waals surface area contributed by atoms with Gasteiger partial charge in [0.15, 0.2) is 15.9 Å². The summed E-state index contributed by atoms with van der Waals surface area (Å²) in [5.74, 6) is -0.0176. The lowest BCUT2D eigenvalue weighted by Crippen LogP contribution is -2.47. The SMILES string of the molecule is C[C@@H]1[C@H](C)CCC[C@@H]1NC(=O)[C@@H](C)OC(=O)c1ccc(CS(C)(=O)=O)cc1. The number of carbonyl (C=O) groups excluding carboxylic acids is 2. The van der Waals surface area contributed by atoms with Crippen LogP contribution in [-0.2, 0) is 25.1 Å². The van der Waals surface area contributed by atoms with E-state index in [-0.39, 0.29) is 23.3 Å². The molecule has 2 rings (SSSR count). The second-order valence-corrected chi connectivity index (χ2v) is 9.84. The maximum Gasteiger partial charge on any atom is 0.338 e. The molecule has 6 nitrogen and oxygen atoms in total. The third-order valence-electron chi connectivity index (χ3n) is 5.31. The minimum absolute atomic E-state index is 0.0842. The fourth-order valence-electron chi connectivity index (χ4n) is 3.41. The van der Waals surface area contributed by atoms with Gasteiger partial charge in [-0.05, 0) is 42.9 Å². The first-order valence-corrected chi connectivity index (χ1v) is 11.4. The van der Waals surface area contributed by atoms with Gasteiger partial charge in [-0.2, -0.15) is 0 Å². The van der Waals surface area contributed by atoms with Gasteiger partial charge < -0.3 is 10.1 Å². The molecular formula is C20H29NO5S. The van der Waals surface area contributed by atoms with E-state index in [0.717, 1.165) is 19.1 Å². The normalized spacial score (nSPS) is 24.1. The third-order valence-corrected chi connectivity index (χ3v) is 6.16. The van der Waals surface area contributed by atoms with Crippen molar-refractivity contribution in [1.82, 2.24) is 5.32 Å². The topological polar surface area (TPSA) is 89.5 Å². The molecule has 0 saturated heterocycles. The number of ether oxygens (including phenoxy) is 1. The van der Waals surface area contributed by atoms with Gasteiger partial charge in [-0.15, -0.1) is 0 Å². The molecule has 4 atom stereocenters. The molecule has 1 fully saturated rings. The molecular weight excluding hydrogens is 366 g/mol. The van der Waals surface area contributed by atoms with Crippen LogP contribution in [0.1, 0.15) is 56.0 Å². The van der Waals surface area contributed by atoms with E-state index in [4.69, 9.17) is 4.74 Å². The number of nitrogens with one attached hydrogen (secondary N) is 1. The monoisotopic (exact) mass is 395 g/mol. The van der Waals surface area contributed by atoms with E-state index in [0.29, 0.717) is 17.4 Å². The number of rotatable bonds is 6. The Morgan fingerprint density at radius 3 is 2.41 bits per heavy atom. The summed E-state index contributed by atoms with van der Waals surface area (Å²) in [5, 5.41) is 3.01. The Morgan fingerprint density at radius 2 is 1.81 bits per heavy atom. The highest BCUT2D eigenvalue weighted by molar-refractivity contribution is 7.89. The van der Waals surface area contributed by atoms with Crippen molar-refractivity contribution in [3.05, 3.63) is 35.4 Å². The first-order chi connectivity index (χ1) is 12.6. The van der Waals surface area contributed by atoms with E-state index in [2.05, 4.69) is 19.2 Å². The van der Waals surface area contributed by atoms with Crippen molar-refractivity contribution >= 4 is 21.7 Å². The molecule has 0 spiro atoms. The molecule has 1 aromatic carbocycles. The zero-order valence-corrected chi connectivity index (χ0v) is 17.2. The van der Waals surface area contributed by atoms with Gasteiger partial charge in [-0.25, -0.2) is 13.2 Å². The molecule has 1 aromatic rings. The van der Waals surface area contributed by atoms with Crippen molar-refractivity contribution in [3.63, 3.8) is 0 Å². The van der Waals surface area contributed by atoms with Crippen LogP contribution in [0.15, 0.2) is 24.3 Å². The van der Waals surface area contributed by atoms with Gasteiger partial charge in [0, 0.05) is 12.3 Å². The number of sulfone groups is 1. The zero-order valence-electron chi connectivity index (χ0n) is 16.4. The average Bonchev–Trinajstić information content (AvgIpc) is 2.58. The molecule has 7 heteroatoms. The Labute approximate surface area is 161 Å². The maximum absolute atomic E-state index is 12.4. The summed E-state index contributed by atoms with van der Waals surface area (Å²) in [6, 6.07) is 6.29. The summed E-state index contributed by atoms with van der Waals surface area (Å²) in [7, 11) is -3.13. The average molecular weight is 396 g/mol. The van der Waals surface area contributed by atoms with Crippen LogP contribution in [0.25, 0.3) is 0 Å².